The van der Waals surface area contributed by atoms with Gasteiger partial charge < -0.3 is 20.8 Å². The first-order valence-corrected chi connectivity index (χ1v) is 12.1. The molecule has 0 spiro atoms. The van der Waals surface area contributed by atoms with Gasteiger partial charge in [0.2, 0.25) is 5.91 Å². The molecule has 4 N–H and O–H groups in total. The van der Waals surface area contributed by atoms with Crippen LogP contribution in [0.3, 0.4) is 0 Å². The quantitative estimate of drug-likeness (QED) is 0.419. The molecule has 180 valence electrons. The topological polar surface area (TPSA) is 149 Å². The lowest BCUT2D eigenvalue weighted by molar-refractivity contribution is -0.134. The summed E-state index contributed by atoms with van der Waals surface area (Å²) in [7, 11) is 0. The highest BCUT2D eigenvalue weighted by molar-refractivity contribution is 7.14. The maximum atomic E-state index is 13.3. The van der Waals surface area contributed by atoms with Crippen LogP contribution in [0.25, 0.3) is 0 Å². The average molecular weight is 487 g/mol. The van der Waals surface area contributed by atoms with Crippen LogP contribution in [0, 0.1) is 5.92 Å². The number of benzene rings is 1. The van der Waals surface area contributed by atoms with Crippen LogP contribution in [-0.2, 0) is 16.0 Å². The van der Waals surface area contributed by atoms with E-state index in [4.69, 9.17) is 5.11 Å². The van der Waals surface area contributed by atoms with Gasteiger partial charge in [-0.3, -0.25) is 9.59 Å². The van der Waals surface area contributed by atoms with Gasteiger partial charge in [0.05, 0.1) is 0 Å². The zero-order valence-electron chi connectivity index (χ0n) is 18.4. The summed E-state index contributed by atoms with van der Waals surface area (Å²) in [5.41, 5.74) is 0.489. The molecular formula is C23H26N4O6S. The van der Waals surface area contributed by atoms with Crippen molar-refractivity contribution in [2.24, 2.45) is 5.92 Å². The summed E-state index contributed by atoms with van der Waals surface area (Å²) in [5.74, 6) is -2.03. The molecule has 2 aliphatic rings. The molecule has 2 atom stereocenters. The van der Waals surface area contributed by atoms with Gasteiger partial charge in [-0.1, -0.05) is 44.2 Å². The Hall–Kier alpha value is -3.47. The normalized spacial score (nSPS) is 19.6. The minimum atomic E-state index is -1.21. The molecule has 34 heavy (non-hydrogen) atoms. The molecule has 1 aromatic heterocycles. The van der Waals surface area contributed by atoms with Crippen molar-refractivity contribution in [1.82, 2.24) is 15.2 Å². The zero-order chi connectivity index (χ0) is 24.2. The Morgan fingerprint density at radius 2 is 2.00 bits per heavy atom. The number of aromatic carboxylic acids is 1. The number of imide groups is 1. The van der Waals surface area contributed by atoms with E-state index >= 15 is 0 Å². The highest BCUT2D eigenvalue weighted by Gasteiger charge is 2.45. The number of phenolic OH excluding ortho intramolecular Hbond substituents is 1. The monoisotopic (exact) mass is 486 g/mol. The van der Waals surface area contributed by atoms with Crippen LogP contribution in [0.15, 0.2) is 29.6 Å². The number of anilines is 1. The van der Waals surface area contributed by atoms with E-state index < -0.39 is 35.9 Å². The van der Waals surface area contributed by atoms with Crippen LogP contribution in [0.1, 0.15) is 54.6 Å². The van der Waals surface area contributed by atoms with Crippen LogP contribution in [0.2, 0.25) is 0 Å². The maximum absolute atomic E-state index is 13.3. The van der Waals surface area contributed by atoms with Crippen LogP contribution in [0.4, 0.5) is 9.93 Å². The number of nitrogens with zero attached hydrogens (tertiary/aromatic N) is 2. The summed E-state index contributed by atoms with van der Waals surface area (Å²) < 4.78 is 0. The highest BCUT2D eigenvalue weighted by Crippen LogP contribution is 2.31. The predicted octanol–water partition coefficient (Wildman–Crippen LogP) is 2.99. The molecule has 2 unspecified atom stereocenters. The van der Waals surface area contributed by atoms with Crippen molar-refractivity contribution in [2.45, 2.75) is 57.0 Å². The number of nitrogens with one attached hydrogen (secondary N) is 2. The fraction of sp³-hybridized carbons (Fsp3) is 0.435. The van der Waals surface area contributed by atoms with Crippen LogP contribution in [0.5, 0.6) is 5.75 Å². The maximum Gasteiger partial charge on any atom is 0.355 e. The Balaban J connectivity index is 1.54. The second-order valence-electron chi connectivity index (χ2n) is 8.67. The van der Waals surface area contributed by atoms with Crippen molar-refractivity contribution in [3.8, 4) is 5.75 Å². The number of aromatic nitrogens is 1. The first kappa shape index (κ1) is 23.7. The fourth-order valence-electron chi connectivity index (χ4n) is 4.59. The zero-order valence-corrected chi connectivity index (χ0v) is 19.2. The predicted molar refractivity (Wildman–Crippen MR) is 124 cm³/mol. The molecule has 11 heteroatoms. The lowest BCUT2D eigenvalue weighted by Crippen LogP contribution is -2.49. The number of aromatic hydroxyl groups is 1. The molecule has 1 saturated carbocycles. The molecule has 1 aliphatic heterocycles. The molecule has 2 heterocycles. The number of urea groups is 1. The number of hydrogen-bond acceptors (Lipinski definition) is 7. The van der Waals surface area contributed by atoms with Gasteiger partial charge >= 0.3 is 12.0 Å². The van der Waals surface area contributed by atoms with Gasteiger partial charge in [0.15, 0.2) is 10.8 Å². The van der Waals surface area contributed by atoms with E-state index in [1.807, 2.05) is 0 Å². The SMILES string of the molecule is O=C(O)c1csc(NC(=O)C(CC2CCCCC2)N2C(=O)NC(Cc3cccc(O)c3)C2=O)n1. The largest absolute Gasteiger partial charge is 0.508 e. The minimum absolute atomic E-state index is 0.0601. The van der Waals surface area contributed by atoms with Crippen molar-refractivity contribution < 1.29 is 29.4 Å². The third-order valence-corrected chi connectivity index (χ3v) is 7.01. The molecular weight excluding hydrogens is 460 g/mol. The Morgan fingerprint density at radius 1 is 1.24 bits per heavy atom. The van der Waals surface area contributed by atoms with Gasteiger partial charge in [0, 0.05) is 11.8 Å². The van der Waals surface area contributed by atoms with Crippen LogP contribution in [-0.4, -0.2) is 56.0 Å². The molecule has 1 aromatic carbocycles. The smallest absolute Gasteiger partial charge is 0.355 e. The van der Waals surface area contributed by atoms with Gasteiger partial charge in [0.1, 0.15) is 17.8 Å². The number of carboxylic acids is 1. The number of phenols is 1. The van der Waals surface area contributed by atoms with Gasteiger partial charge in [0.25, 0.3) is 5.91 Å². The molecule has 1 aliphatic carbocycles. The van der Waals surface area contributed by atoms with E-state index in [0.717, 1.165) is 48.3 Å². The first-order valence-electron chi connectivity index (χ1n) is 11.2. The molecule has 0 radical (unpaired) electrons. The molecule has 2 fully saturated rings. The first-order chi connectivity index (χ1) is 16.3. The Kier molecular flexibility index (Phi) is 7.11. The van der Waals surface area contributed by atoms with Crippen LogP contribution < -0.4 is 10.6 Å². The Morgan fingerprint density at radius 3 is 2.68 bits per heavy atom. The summed E-state index contributed by atoms with van der Waals surface area (Å²) in [6.45, 7) is 0. The van der Waals surface area contributed by atoms with E-state index in [0.29, 0.717) is 12.0 Å². The van der Waals surface area contributed by atoms with Crippen molar-refractivity contribution in [2.75, 3.05) is 5.32 Å². The summed E-state index contributed by atoms with van der Waals surface area (Å²) in [6, 6.07) is 3.91. The van der Waals surface area contributed by atoms with Gasteiger partial charge in [-0.15, -0.1) is 11.3 Å². The third kappa shape index (κ3) is 5.36. The van der Waals surface area contributed by atoms with Crippen LogP contribution >= 0.6 is 11.3 Å². The number of carboxylic acid groups (broad SMARTS) is 1. The number of carbonyl (C=O) groups excluding carboxylic acids is 3. The second kappa shape index (κ2) is 10.2. The summed E-state index contributed by atoms with van der Waals surface area (Å²) in [4.78, 5) is 55.3. The molecule has 4 amide bonds. The van der Waals surface area contributed by atoms with Gasteiger partial charge in [-0.2, -0.15) is 0 Å². The van der Waals surface area contributed by atoms with E-state index in [1.165, 1.54) is 17.5 Å². The number of hydrogen-bond donors (Lipinski definition) is 4. The summed E-state index contributed by atoms with van der Waals surface area (Å²) in [6.07, 6.45) is 5.55. The van der Waals surface area contributed by atoms with Crippen molar-refractivity contribution in [3.63, 3.8) is 0 Å². The van der Waals surface area contributed by atoms with Crippen molar-refractivity contribution in [3.05, 3.63) is 40.9 Å². The number of rotatable bonds is 8. The lowest BCUT2D eigenvalue weighted by atomic mass is 9.84. The molecule has 2 aromatic rings. The summed E-state index contributed by atoms with van der Waals surface area (Å²) in [5, 5.41) is 25.4. The standard InChI is InChI=1S/C23H26N4O6S/c28-15-8-4-7-14(9-15)10-16-20(30)27(23(33)25-16)18(11-13-5-2-1-3-6-13)19(29)26-22-24-17(12-34-22)21(31)32/h4,7-9,12-13,16,18,28H,1-3,5-6,10-11H2,(H,25,33)(H,31,32)(H,24,26,29). The van der Waals surface area contributed by atoms with Crippen molar-refractivity contribution in [1.29, 1.82) is 0 Å². The van der Waals surface area contributed by atoms with Gasteiger partial charge in [-0.25, -0.2) is 19.5 Å². The molecule has 1 saturated heterocycles. The number of thiazole rings is 1. The lowest BCUT2D eigenvalue weighted by Gasteiger charge is -2.30. The second-order valence-corrected chi connectivity index (χ2v) is 9.53. The molecule has 4 rings (SSSR count). The van der Waals surface area contributed by atoms with E-state index in [1.54, 1.807) is 12.1 Å². The third-order valence-electron chi connectivity index (χ3n) is 6.25. The Bertz CT molecular complexity index is 1100. The molecule has 10 nitrogen and oxygen atoms in total. The molecule has 0 bridgehead atoms. The highest BCUT2D eigenvalue weighted by atomic mass is 32.1. The van der Waals surface area contributed by atoms with E-state index in [-0.39, 0.29) is 28.9 Å². The number of amides is 4. The Labute approximate surface area is 200 Å². The average Bonchev–Trinajstić information content (AvgIpc) is 3.37. The van der Waals surface area contributed by atoms with Gasteiger partial charge in [-0.05, 0) is 30.0 Å². The fourth-order valence-corrected chi connectivity index (χ4v) is 5.27. The van der Waals surface area contributed by atoms with E-state index in [9.17, 15) is 24.3 Å². The number of carbonyl (C=O) groups is 4. The minimum Gasteiger partial charge on any atom is -0.508 e. The van der Waals surface area contributed by atoms with Crippen molar-refractivity contribution >= 4 is 40.3 Å². The van der Waals surface area contributed by atoms with E-state index in [2.05, 4.69) is 15.6 Å². The summed E-state index contributed by atoms with van der Waals surface area (Å²) >= 11 is 0.966.